The average Bonchev–Trinajstić information content (AvgIpc) is 2.00. The summed E-state index contributed by atoms with van der Waals surface area (Å²) in [6.45, 7) is 11.5. The van der Waals surface area contributed by atoms with E-state index in [2.05, 4.69) is 34.6 Å². The van der Waals surface area contributed by atoms with Crippen LogP contribution in [0.3, 0.4) is 0 Å². The lowest BCUT2D eigenvalue weighted by Gasteiger charge is -2.23. The molecule has 10 heavy (non-hydrogen) atoms. The van der Waals surface area contributed by atoms with E-state index >= 15 is 0 Å². The van der Waals surface area contributed by atoms with Gasteiger partial charge in [0.15, 0.2) is 0 Å². The molecular formula is C10H21. The van der Waals surface area contributed by atoms with Crippen LogP contribution in [-0.2, 0) is 0 Å². The van der Waals surface area contributed by atoms with Crippen LogP contribution < -0.4 is 0 Å². The Morgan fingerprint density at radius 2 is 1.30 bits per heavy atom. The second-order valence-electron chi connectivity index (χ2n) is 3.36. The maximum atomic E-state index is 2.32. The molecule has 61 valence electrons. The van der Waals surface area contributed by atoms with Gasteiger partial charge in [0.05, 0.1) is 0 Å². The Balaban J connectivity index is 3.69. The van der Waals surface area contributed by atoms with Crippen LogP contribution in [0.15, 0.2) is 0 Å². The minimum absolute atomic E-state index is 0.815. The van der Waals surface area contributed by atoms with Gasteiger partial charge < -0.3 is 0 Å². The fraction of sp³-hybridized carbons (Fsp3) is 0.900. The van der Waals surface area contributed by atoms with Gasteiger partial charge in [-0.3, -0.25) is 0 Å². The van der Waals surface area contributed by atoms with Gasteiger partial charge in [0.25, 0.3) is 0 Å². The molecular weight excluding hydrogens is 120 g/mol. The molecule has 0 saturated carbocycles. The van der Waals surface area contributed by atoms with Crippen molar-refractivity contribution in [3.05, 3.63) is 5.92 Å². The first-order chi connectivity index (χ1) is 4.63. The van der Waals surface area contributed by atoms with Crippen LogP contribution in [0.5, 0.6) is 0 Å². The molecule has 0 bridgehead atoms. The molecule has 0 aromatic heterocycles. The zero-order valence-corrected chi connectivity index (χ0v) is 8.07. The van der Waals surface area contributed by atoms with E-state index in [1.165, 1.54) is 12.8 Å². The third kappa shape index (κ3) is 2.72. The molecule has 0 saturated heterocycles. The highest BCUT2D eigenvalue weighted by Crippen LogP contribution is 2.26. The van der Waals surface area contributed by atoms with Crippen LogP contribution in [-0.4, -0.2) is 0 Å². The Bertz CT molecular complexity index is 66.1. The normalized spacial score (nSPS) is 17.4. The first-order valence-electron chi connectivity index (χ1n) is 4.46. The van der Waals surface area contributed by atoms with Crippen LogP contribution in [0, 0.1) is 17.8 Å². The summed E-state index contributed by atoms with van der Waals surface area (Å²) in [7, 11) is 0. The van der Waals surface area contributed by atoms with E-state index in [1.54, 1.807) is 5.92 Å². The van der Waals surface area contributed by atoms with Crippen molar-refractivity contribution in [2.45, 2.75) is 47.5 Å². The van der Waals surface area contributed by atoms with E-state index in [0.29, 0.717) is 0 Å². The van der Waals surface area contributed by atoms with E-state index in [0.717, 1.165) is 11.8 Å². The monoisotopic (exact) mass is 141 g/mol. The molecule has 0 aliphatic rings. The summed E-state index contributed by atoms with van der Waals surface area (Å²) in [6, 6.07) is 0. The van der Waals surface area contributed by atoms with Gasteiger partial charge in [0, 0.05) is 0 Å². The van der Waals surface area contributed by atoms with Crippen LogP contribution in [0.2, 0.25) is 0 Å². The molecule has 0 aromatic carbocycles. The minimum Gasteiger partial charge on any atom is -0.0651 e. The van der Waals surface area contributed by atoms with E-state index in [4.69, 9.17) is 0 Å². The third-order valence-corrected chi connectivity index (χ3v) is 2.78. The smallest absolute Gasteiger partial charge is 0.0216 e. The van der Waals surface area contributed by atoms with Gasteiger partial charge in [-0.1, -0.05) is 47.5 Å². The molecule has 1 radical (unpaired) electrons. The van der Waals surface area contributed by atoms with Gasteiger partial charge in [0.2, 0.25) is 0 Å². The van der Waals surface area contributed by atoms with Crippen LogP contribution >= 0.6 is 0 Å². The van der Waals surface area contributed by atoms with Crippen LogP contribution in [0.25, 0.3) is 0 Å². The summed E-state index contributed by atoms with van der Waals surface area (Å²) in [5, 5.41) is 0. The minimum atomic E-state index is 0.815. The first-order valence-corrected chi connectivity index (χ1v) is 4.46. The van der Waals surface area contributed by atoms with E-state index in [1.807, 2.05) is 0 Å². The molecule has 0 amide bonds. The Hall–Kier alpha value is 0. The number of hydrogen-bond acceptors (Lipinski definition) is 0. The van der Waals surface area contributed by atoms with Crippen LogP contribution in [0.4, 0.5) is 0 Å². The molecule has 0 N–H and O–H groups in total. The Morgan fingerprint density at radius 1 is 1.00 bits per heavy atom. The van der Waals surface area contributed by atoms with Crippen LogP contribution in [0.1, 0.15) is 47.5 Å². The molecule has 2 unspecified atom stereocenters. The maximum Gasteiger partial charge on any atom is -0.0216 e. The highest BCUT2D eigenvalue weighted by Gasteiger charge is 2.15. The summed E-state index contributed by atoms with van der Waals surface area (Å²) >= 11 is 0. The van der Waals surface area contributed by atoms with Gasteiger partial charge in [0.1, 0.15) is 0 Å². The van der Waals surface area contributed by atoms with Crippen molar-refractivity contribution in [3.8, 4) is 0 Å². The van der Waals surface area contributed by atoms with Crippen molar-refractivity contribution in [1.29, 1.82) is 0 Å². The highest BCUT2D eigenvalue weighted by molar-refractivity contribution is 4.93. The quantitative estimate of drug-likeness (QED) is 0.560. The molecule has 0 aliphatic heterocycles. The molecule has 0 rings (SSSR count). The van der Waals surface area contributed by atoms with Crippen molar-refractivity contribution in [2.75, 3.05) is 0 Å². The summed E-state index contributed by atoms with van der Waals surface area (Å²) in [4.78, 5) is 0. The standard InChI is InChI=1S/C10H21/c1-6-8(3)10(5)9(4)7-2/h8-9H,6-7H2,1-5H3. The van der Waals surface area contributed by atoms with E-state index in [9.17, 15) is 0 Å². The summed E-state index contributed by atoms with van der Waals surface area (Å²) in [5.74, 6) is 3.30. The Morgan fingerprint density at radius 3 is 1.50 bits per heavy atom. The van der Waals surface area contributed by atoms with Gasteiger partial charge in [-0.2, -0.15) is 0 Å². The van der Waals surface area contributed by atoms with Crippen molar-refractivity contribution in [3.63, 3.8) is 0 Å². The van der Waals surface area contributed by atoms with Crippen molar-refractivity contribution < 1.29 is 0 Å². The largest absolute Gasteiger partial charge is 0.0651 e. The SMILES string of the molecule is CCC(C)[C](C)C(C)CC. The van der Waals surface area contributed by atoms with Crippen molar-refractivity contribution in [2.24, 2.45) is 11.8 Å². The Labute approximate surface area is 66.0 Å². The second kappa shape index (κ2) is 4.76. The van der Waals surface area contributed by atoms with Gasteiger partial charge in [-0.15, -0.1) is 0 Å². The lowest BCUT2D eigenvalue weighted by atomic mass is 9.82. The van der Waals surface area contributed by atoms with Crippen molar-refractivity contribution >= 4 is 0 Å². The lowest BCUT2D eigenvalue weighted by molar-refractivity contribution is 0.447. The number of rotatable bonds is 4. The van der Waals surface area contributed by atoms with Gasteiger partial charge in [-0.25, -0.2) is 0 Å². The zero-order chi connectivity index (χ0) is 8.15. The summed E-state index contributed by atoms with van der Waals surface area (Å²) in [5.41, 5.74) is 0. The molecule has 0 nitrogen and oxygen atoms in total. The lowest BCUT2D eigenvalue weighted by Crippen LogP contribution is -2.12. The highest BCUT2D eigenvalue weighted by atomic mass is 14.2. The number of hydrogen-bond donors (Lipinski definition) is 0. The molecule has 0 aromatic rings. The summed E-state index contributed by atoms with van der Waals surface area (Å²) in [6.07, 6.45) is 2.58. The average molecular weight is 141 g/mol. The van der Waals surface area contributed by atoms with E-state index in [-0.39, 0.29) is 0 Å². The van der Waals surface area contributed by atoms with Gasteiger partial charge in [-0.05, 0) is 17.8 Å². The topological polar surface area (TPSA) is 0 Å². The fourth-order valence-electron chi connectivity index (χ4n) is 1.13. The zero-order valence-electron chi connectivity index (χ0n) is 8.07. The first kappa shape index (κ1) is 10.0. The molecule has 0 spiro atoms. The molecule has 0 heterocycles. The van der Waals surface area contributed by atoms with E-state index < -0.39 is 0 Å². The predicted molar refractivity (Wildman–Crippen MR) is 47.8 cm³/mol. The Kier molecular flexibility index (Phi) is 4.76. The summed E-state index contributed by atoms with van der Waals surface area (Å²) < 4.78 is 0. The van der Waals surface area contributed by atoms with Gasteiger partial charge >= 0.3 is 0 Å². The fourth-order valence-corrected chi connectivity index (χ4v) is 1.13. The maximum absolute atomic E-state index is 2.32. The predicted octanol–water partition coefficient (Wildman–Crippen LogP) is 3.67. The second-order valence-corrected chi connectivity index (χ2v) is 3.36. The molecule has 2 atom stereocenters. The molecule has 0 aliphatic carbocycles. The third-order valence-electron chi connectivity index (χ3n) is 2.78. The van der Waals surface area contributed by atoms with Crippen molar-refractivity contribution in [1.82, 2.24) is 0 Å². The molecule has 0 fully saturated rings. The molecule has 0 heteroatoms.